The van der Waals surface area contributed by atoms with E-state index in [0.717, 1.165) is 67.5 Å². The number of urea groups is 1. The molecule has 6 amide bonds. The van der Waals surface area contributed by atoms with Gasteiger partial charge in [0.15, 0.2) is 5.65 Å². The first-order valence-electron chi connectivity index (χ1n) is 20.8. The van der Waals surface area contributed by atoms with Gasteiger partial charge in [0, 0.05) is 75.2 Å². The van der Waals surface area contributed by atoms with Crippen LogP contribution in [0.2, 0.25) is 0 Å². The third kappa shape index (κ3) is 8.13. The lowest BCUT2D eigenvalue weighted by atomic mass is 10.0. The summed E-state index contributed by atoms with van der Waals surface area (Å²) in [7, 11) is 0. The van der Waals surface area contributed by atoms with E-state index in [4.69, 9.17) is 4.42 Å². The summed E-state index contributed by atoms with van der Waals surface area (Å²) in [5, 5.41) is 20.9. The number of pyridine rings is 1. The molecule has 0 spiro atoms. The number of anilines is 3. The van der Waals surface area contributed by atoms with Crippen molar-refractivity contribution in [3.05, 3.63) is 77.7 Å². The van der Waals surface area contributed by atoms with E-state index < -0.39 is 18.0 Å². The monoisotopic (exact) mass is 814 g/mol. The Hall–Kier alpha value is -6.72. The van der Waals surface area contributed by atoms with Crippen molar-refractivity contribution in [1.82, 2.24) is 44.9 Å². The normalized spacial score (nSPS) is 18.3. The summed E-state index contributed by atoms with van der Waals surface area (Å²) >= 11 is 0. The van der Waals surface area contributed by atoms with Gasteiger partial charge in [-0.2, -0.15) is 5.10 Å². The fraction of sp³-hybridized carbons (Fsp3) is 0.429. The Morgan fingerprint density at radius 1 is 0.883 bits per heavy atom. The van der Waals surface area contributed by atoms with Gasteiger partial charge >= 0.3 is 6.03 Å². The lowest BCUT2D eigenvalue weighted by Crippen LogP contribution is -2.52. The number of unbranched alkanes of at least 4 members (excludes halogenated alkanes) is 2. The Kier molecular flexibility index (Phi) is 10.9. The lowest BCUT2D eigenvalue weighted by Gasteiger charge is -2.36. The van der Waals surface area contributed by atoms with Crippen LogP contribution in [0, 0.1) is 0 Å². The number of piperazine rings is 1. The lowest BCUT2D eigenvalue weighted by molar-refractivity contribution is -0.137. The Morgan fingerprint density at radius 2 is 1.73 bits per heavy atom. The molecule has 2 saturated heterocycles. The molecule has 4 aliphatic rings. The molecular weight excluding hydrogens is 769 g/mol. The zero-order valence-corrected chi connectivity index (χ0v) is 33.1. The number of hydrogen-bond donors (Lipinski definition) is 3. The van der Waals surface area contributed by atoms with Gasteiger partial charge in [0.25, 0.3) is 11.8 Å². The number of hydrogen-bond acceptors (Lipinski definition) is 12. The third-order valence-corrected chi connectivity index (χ3v) is 11.9. The summed E-state index contributed by atoms with van der Waals surface area (Å²) in [4.78, 5) is 77.7. The second-order valence-corrected chi connectivity index (χ2v) is 15.8. The number of aromatic nitrogens is 6. The van der Waals surface area contributed by atoms with E-state index in [1.165, 1.54) is 0 Å². The third-order valence-electron chi connectivity index (χ3n) is 11.9. The number of benzene rings is 1. The van der Waals surface area contributed by atoms with Gasteiger partial charge in [-0.15, -0.1) is 10.2 Å². The minimum Gasteiger partial charge on any atom is -0.419 e. The highest BCUT2D eigenvalue weighted by molar-refractivity contribution is 6.05. The zero-order chi connectivity index (χ0) is 41.2. The highest BCUT2D eigenvalue weighted by Gasteiger charge is 2.39. The number of imide groups is 1. The molecule has 3 N–H and O–H groups in total. The zero-order valence-electron chi connectivity index (χ0n) is 33.1. The number of nitrogens with one attached hydrogen (secondary N) is 3. The molecule has 4 aromatic heterocycles. The van der Waals surface area contributed by atoms with E-state index in [2.05, 4.69) is 46.1 Å². The number of fused-ring (bicyclic) bond motifs is 2. The van der Waals surface area contributed by atoms with Crippen LogP contribution in [0.4, 0.5) is 21.9 Å². The van der Waals surface area contributed by atoms with Crippen LogP contribution in [0.3, 0.4) is 0 Å². The van der Waals surface area contributed by atoms with E-state index in [-0.39, 0.29) is 30.0 Å². The van der Waals surface area contributed by atoms with Crippen LogP contribution in [0.25, 0.3) is 17.2 Å². The molecule has 18 heteroatoms. The molecule has 3 aliphatic heterocycles. The molecule has 0 radical (unpaired) electrons. The molecule has 1 atom stereocenters. The van der Waals surface area contributed by atoms with Crippen molar-refractivity contribution in [3.8, 4) is 11.6 Å². The van der Waals surface area contributed by atoms with Crippen molar-refractivity contribution >= 4 is 52.4 Å². The number of carbonyl (C=O) groups excluding carboxylic acids is 5. The standard InChI is InChI=1S/C42H46N12O6/c55-35-15-14-33(39(57)48-35)53-25-27-22-29(11-12-30(27)41(53)58)51-18-20-52(21-19-51)37(56)9-3-1-2-8-36-49-50-40(60-36)31-13-10-28(23-43-31)46-42(59)47-32-24-44-34-16-17-45-54(34)38(32)26-6-4-5-7-26/h10-13,16-17,22-24,26,33H,1-9,14-15,18-21,25H2,(H2,46,47,59)(H,48,55,57). The van der Waals surface area contributed by atoms with E-state index in [0.29, 0.717) is 86.4 Å². The minimum atomic E-state index is -0.642. The van der Waals surface area contributed by atoms with Gasteiger partial charge in [-0.05, 0) is 68.0 Å². The van der Waals surface area contributed by atoms with Gasteiger partial charge < -0.3 is 29.8 Å². The smallest absolute Gasteiger partial charge is 0.323 e. The number of amides is 6. The molecular formula is C42H46N12O6. The van der Waals surface area contributed by atoms with Crippen molar-refractivity contribution < 1.29 is 28.4 Å². The number of carbonyl (C=O) groups is 5. The van der Waals surface area contributed by atoms with Crippen LogP contribution in [-0.2, 0) is 27.3 Å². The summed E-state index contributed by atoms with van der Waals surface area (Å²) in [6.07, 6.45) is 13.3. The first-order valence-corrected chi connectivity index (χ1v) is 20.8. The number of rotatable bonds is 12. The fourth-order valence-electron chi connectivity index (χ4n) is 8.78. The minimum absolute atomic E-state index is 0.136. The van der Waals surface area contributed by atoms with Gasteiger partial charge in [-0.3, -0.25) is 24.5 Å². The molecule has 1 aromatic carbocycles. The van der Waals surface area contributed by atoms with Crippen molar-refractivity contribution in [2.75, 3.05) is 41.7 Å². The van der Waals surface area contributed by atoms with Crippen LogP contribution >= 0.6 is 0 Å². The largest absolute Gasteiger partial charge is 0.419 e. The van der Waals surface area contributed by atoms with Gasteiger partial charge in [0.2, 0.25) is 23.6 Å². The molecule has 60 heavy (non-hydrogen) atoms. The maximum absolute atomic E-state index is 13.1. The van der Waals surface area contributed by atoms with Gasteiger partial charge in [0.1, 0.15) is 11.7 Å². The summed E-state index contributed by atoms with van der Waals surface area (Å²) < 4.78 is 7.69. The highest BCUT2D eigenvalue weighted by atomic mass is 16.4. The molecule has 18 nitrogen and oxygen atoms in total. The van der Waals surface area contributed by atoms with Gasteiger partial charge in [0.05, 0.1) is 35.7 Å². The van der Waals surface area contributed by atoms with Crippen LogP contribution < -0.4 is 20.9 Å². The first kappa shape index (κ1) is 38.8. The van der Waals surface area contributed by atoms with Gasteiger partial charge in [-0.25, -0.2) is 19.3 Å². The summed E-state index contributed by atoms with van der Waals surface area (Å²) in [6.45, 7) is 2.92. The number of nitrogens with zero attached hydrogens (tertiary/aromatic N) is 9. The summed E-state index contributed by atoms with van der Waals surface area (Å²) in [5.74, 6) is 0.315. The second kappa shape index (κ2) is 16.9. The number of piperidine rings is 1. The average Bonchev–Trinajstić information content (AvgIpc) is 4.10. The Bertz CT molecular complexity index is 2430. The molecule has 7 heterocycles. The maximum atomic E-state index is 13.1. The second-order valence-electron chi connectivity index (χ2n) is 15.8. The quantitative estimate of drug-likeness (QED) is 0.116. The van der Waals surface area contributed by atoms with Crippen molar-refractivity contribution in [2.45, 2.75) is 89.1 Å². The molecule has 1 unspecified atom stereocenters. The van der Waals surface area contributed by atoms with Crippen LogP contribution in [0.5, 0.6) is 0 Å². The van der Waals surface area contributed by atoms with Gasteiger partial charge in [-0.1, -0.05) is 19.3 Å². The summed E-state index contributed by atoms with van der Waals surface area (Å²) in [6, 6.07) is 10.00. The molecule has 0 bridgehead atoms. The molecule has 3 fully saturated rings. The van der Waals surface area contributed by atoms with E-state index in [9.17, 15) is 24.0 Å². The highest BCUT2D eigenvalue weighted by Crippen LogP contribution is 2.38. The van der Waals surface area contributed by atoms with Crippen LogP contribution in [0.1, 0.15) is 97.6 Å². The van der Waals surface area contributed by atoms with E-state index >= 15 is 0 Å². The molecule has 1 saturated carbocycles. The molecule has 5 aromatic rings. The topological polar surface area (TPSA) is 213 Å². The molecule has 1 aliphatic carbocycles. The Labute approximate surface area is 345 Å². The molecule has 310 valence electrons. The average molecular weight is 815 g/mol. The van der Waals surface area contributed by atoms with E-state index in [1.54, 1.807) is 35.6 Å². The van der Waals surface area contributed by atoms with Crippen LogP contribution in [0.15, 0.2) is 59.4 Å². The van der Waals surface area contributed by atoms with Crippen LogP contribution in [-0.4, -0.2) is 101 Å². The first-order chi connectivity index (χ1) is 29.3. The fourth-order valence-corrected chi connectivity index (χ4v) is 8.78. The SMILES string of the molecule is O=C1CCC(N2Cc3cc(N4CCN(C(=O)CCCCCc5nnc(-c6ccc(NC(=O)Nc7cnc8ccnn8c7C7CCCC7)cn6)o5)CC4)ccc3C2=O)C(=O)N1. The predicted octanol–water partition coefficient (Wildman–Crippen LogP) is 4.69. The predicted molar refractivity (Wildman–Crippen MR) is 218 cm³/mol. The maximum Gasteiger partial charge on any atom is 0.323 e. The van der Waals surface area contributed by atoms with Crippen molar-refractivity contribution in [3.63, 3.8) is 0 Å². The Morgan fingerprint density at radius 3 is 2.53 bits per heavy atom. The molecule has 9 rings (SSSR count). The van der Waals surface area contributed by atoms with E-state index in [1.807, 2.05) is 33.7 Å². The van der Waals surface area contributed by atoms with Crippen molar-refractivity contribution in [2.24, 2.45) is 0 Å². The Balaban J connectivity index is 0.689. The van der Waals surface area contributed by atoms with Crippen molar-refractivity contribution in [1.29, 1.82) is 0 Å². The summed E-state index contributed by atoms with van der Waals surface area (Å²) in [5.41, 5.74) is 5.79. The number of aryl methyl sites for hydroxylation is 1.